The van der Waals surface area contributed by atoms with Crippen LogP contribution >= 0.6 is 23.6 Å². The summed E-state index contributed by atoms with van der Waals surface area (Å²) in [6.07, 6.45) is 1.75. The van der Waals surface area contributed by atoms with Gasteiger partial charge in [0.05, 0.1) is 17.6 Å². The maximum Gasteiger partial charge on any atom is 0.261 e. The molecule has 0 aromatic carbocycles. The first-order chi connectivity index (χ1) is 8.09. The van der Waals surface area contributed by atoms with E-state index in [-0.39, 0.29) is 10.5 Å². The Hall–Kier alpha value is -1.53. The second-order valence-corrected chi connectivity index (χ2v) is 5.02. The molecule has 0 atom stereocenters. The summed E-state index contributed by atoms with van der Waals surface area (Å²) in [5, 5.41) is 0. The average Bonchev–Trinajstić information content (AvgIpc) is 2.76. The molecule has 2 aromatic heterocycles. The molecule has 0 unspecified atom stereocenters. The van der Waals surface area contributed by atoms with Crippen LogP contribution in [0.2, 0.25) is 0 Å². The van der Waals surface area contributed by atoms with Crippen molar-refractivity contribution in [2.45, 2.75) is 13.5 Å². The Kier molecular flexibility index (Phi) is 3.35. The number of rotatable bonds is 3. The van der Waals surface area contributed by atoms with Gasteiger partial charge in [-0.15, -0.1) is 11.3 Å². The number of hydrogen-bond acceptors (Lipinski definition) is 4. The van der Waals surface area contributed by atoms with Crippen LogP contribution in [-0.4, -0.2) is 14.5 Å². The minimum atomic E-state index is -0.147. The van der Waals surface area contributed by atoms with Crippen LogP contribution in [0.4, 0.5) is 0 Å². The van der Waals surface area contributed by atoms with Crippen LogP contribution in [0.3, 0.4) is 0 Å². The average molecular weight is 265 g/mol. The third-order valence-electron chi connectivity index (χ3n) is 2.46. The van der Waals surface area contributed by atoms with Gasteiger partial charge >= 0.3 is 0 Å². The van der Waals surface area contributed by atoms with Gasteiger partial charge in [-0.3, -0.25) is 9.78 Å². The maximum absolute atomic E-state index is 12.1. The first-order valence-electron chi connectivity index (χ1n) is 4.97. The van der Waals surface area contributed by atoms with E-state index in [0.717, 1.165) is 10.6 Å². The summed E-state index contributed by atoms with van der Waals surface area (Å²) in [5.74, 6) is 0. The lowest BCUT2D eigenvalue weighted by Gasteiger charge is -2.10. The normalized spacial score (nSPS) is 10.4. The van der Waals surface area contributed by atoms with Crippen molar-refractivity contribution in [1.82, 2.24) is 9.55 Å². The van der Waals surface area contributed by atoms with E-state index in [0.29, 0.717) is 12.1 Å². The molecular formula is C11H11N3OS2. The molecular weight excluding hydrogens is 254 g/mol. The predicted molar refractivity (Wildman–Crippen MR) is 72.5 cm³/mol. The minimum absolute atomic E-state index is 0.132. The van der Waals surface area contributed by atoms with E-state index < -0.39 is 0 Å². The van der Waals surface area contributed by atoms with Crippen LogP contribution < -0.4 is 11.3 Å². The largest absolute Gasteiger partial charge is 0.389 e. The highest BCUT2D eigenvalue weighted by atomic mass is 32.1. The quantitative estimate of drug-likeness (QED) is 0.850. The van der Waals surface area contributed by atoms with E-state index in [1.807, 2.05) is 13.0 Å². The Morgan fingerprint density at radius 3 is 2.94 bits per heavy atom. The number of aryl methyl sites for hydroxylation is 1. The summed E-state index contributed by atoms with van der Waals surface area (Å²) in [4.78, 5) is 17.3. The van der Waals surface area contributed by atoms with Crippen LogP contribution in [-0.2, 0) is 6.54 Å². The molecule has 6 heteroatoms. The van der Waals surface area contributed by atoms with E-state index >= 15 is 0 Å². The fourth-order valence-electron chi connectivity index (χ4n) is 1.53. The second kappa shape index (κ2) is 4.77. The van der Waals surface area contributed by atoms with Crippen LogP contribution in [0.25, 0.3) is 0 Å². The molecule has 0 radical (unpaired) electrons. The van der Waals surface area contributed by atoms with Gasteiger partial charge in [-0.1, -0.05) is 12.2 Å². The van der Waals surface area contributed by atoms with E-state index in [9.17, 15) is 4.79 Å². The van der Waals surface area contributed by atoms with Gasteiger partial charge in [0, 0.05) is 16.8 Å². The third-order valence-corrected chi connectivity index (χ3v) is 3.44. The van der Waals surface area contributed by atoms with Crippen molar-refractivity contribution in [1.29, 1.82) is 0 Å². The zero-order chi connectivity index (χ0) is 12.4. The Bertz CT molecular complexity index is 602. The van der Waals surface area contributed by atoms with E-state index in [4.69, 9.17) is 18.0 Å². The highest BCUT2D eigenvalue weighted by Gasteiger charge is 2.09. The summed E-state index contributed by atoms with van der Waals surface area (Å²) in [6.45, 7) is 2.39. The van der Waals surface area contributed by atoms with Crippen LogP contribution in [0.15, 0.2) is 28.6 Å². The summed E-state index contributed by atoms with van der Waals surface area (Å²) in [6, 6.07) is 3.51. The summed E-state index contributed by atoms with van der Waals surface area (Å²) >= 11 is 6.37. The Morgan fingerprint density at radius 1 is 1.59 bits per heavy atom. The number of pyridine rings is 1. The van der Waals surface area contributed by atoms with Crippen molar-refractivity contribution in [2.24, 2.45) is 5.73 Å². The molecule has 0 aliphatic rings. The number of nitrogens with two attached hydrogens (primary N) is 1. The molecule has 0 fully saturated rings. The maximum atomic E-state index is 12.1. The number of thiazole rings is 1. The topological polar surface area (TPSA) is 60.9 Å². The molecule has 0 saturated heterocycles. The third kappa shape index (κ3) is 2.42. The highest BCUT2D eigenvalue weighted by Crippen LogP contribution is 2.09. The van der Waals surface area contributed by atoms with E-state index in [2.05, 4.69) is 4.98 Å². The Balaban J connectivity index is 2.49. The standard InChI is InChI=1S/C11H11N3OS2/c1-7-2-3-9(10(12)16)11(15)14(7)5-8-4-13-6-17-8/h2-4,6H,5H2,1H3,(H2,12,16). The second-order valence-electron chi connectivity index (χ2n) is 3.61. The van der Waals surface area contributed by atoms with Crippen LogP contribution in [0, 0.1) is 6.92 Å². The molecule has 0 spiro atoms. The van der Waals surface area contributed by atoms with Gasteiger partial charge in [-0.25, -0.2) is 0 Å². The zero-order valence-corrected chi connectivity index (χ0v) is 10.8. The zero-order valence-electron chi connectivity index (χ0n) is 9.21. The molecule has 0 aliphatic carbocycles. The fraction of sp³-hybridized carbons (Fsp3) is 0.182. The van der Waals surface area contributed by atoms with Gasteiger partial charge in [0.15, 0.2) is 0 Å². The summed E-state index contributed by atoms with van der Waals surface area (Å²) < 4.78 is 1.65. The van der Waals surface area contributed by atoms with Gasteiger partial charge < -0.3 is 10.3 Å². The number of thiocarbonyl (C=S) groups is 1. The molecule has 2 heterocycles. The molecule has 2 aromatic rings. The van der Waals surface area contributed by atoms with Crippen molar-refractivity contribution in [3.8, 4) is 0 Å². The molecule has 0 bridgehead atoms. The first-order valence-corrected chi connectivity index (χ1v) is 6.26. The van der Waals surface area contributed by atoms with Gasteiger partial charge in [0.25, 0.3) is 5.56 Å². The van der Waals surface area contributed by atoms with Crippen LogP contribution in [0.5, 0.6) is 0 Å². The number of hydrogen-bond donors (Lipinski definition) is 1. The van der Waals surface area contributed by atoms with Crippen molar-refractivity contribution >= 4 is 28.5 Å². The van der Waals surface area contributed by atoms with E-state index in [1.165, 1.54) is 11.3 Å². The Morgan fingerprint density at radius 2 is 2.35 bits per heavy atom. The lowest BCUT2D eigenvalue weighted by molar-refractivity contribution is 0.736. The van der Waals surface area contributed by atoms with Crippen molar-refractivity contribution in [3.63, 3.8) is 0 Å². The van der Waals surface area contributed by atoms with Crippen molar-refractivity contribution in [3.05, 3.63) is 50.3 Å². The fourth-order valence-corrected chi connectivity index (χ4v) is 2.27. The lowest BCUT2D eigenvalue weighted by Crippen LogP contribution is -2.30. The smallest absolute Gasteiger partial charge is 0.261 e. The Labute approximate surface area is 108 Å². The SMILES string of the molecule is Cc1ccc(C(N)=S)c(=O)n1Cc1cncs1. The van der Waals surface area contributed by atoms with Crippen LogP contribution in [0.1, 0.15) is 16.1 Å². The van der Waals surface area contributed by atoms with Gasteiger partial charge in [-0.05, 0) is 19.1 Å². The molecule has 0 saturated carbocycles. The van der Waals surface area contributed by atoms with Gasteiger partial charge in [0.1, 0.15) is 4.99 Å². The summed E-state index contributed by atoms with van der Waals surface area (Å²) in [5.41, 5.74) is 8.37. The monoisotopic (exact) mass is 265 g/mol. The molecule has 17 heavy (non-hydrogen) atoms. The number of nitrogens with zero attached hydrogens (tertiary/aromatic N) is 2. The first kappa shape index (κ1) is 11.9. The van der Waals surface area contributed by atoms with Gasteiger partial charge in [0.2, 0.25) is 0 Å². The van der Waals surface area contributed by atoms with Crippen molar-refractivity contribution < 1.29 is 0 Å². The molecule has 4 nitrogen and oxygen atoms in total. The lowest BCUT2D eigenvalue weighted by atomic mass is 10.2. The predicted octanol–water partition coefficient (Wildman–Crippen LogP) is 1.30. The van der Waals surface area contributed by atoms with Crippen molar-refractivity contribution in [2.75, 3.05) is 0 Å². The molecule has 0 aliphatic heterocycles. The van der Waals surface area contributed by atoms with E-state index in [1.54, 1.807) is 22.3 Å². The molecule has 2 rings (SSSR count). The molecule has 88 valence electrons. The number of aromatic nitrogens is 2. The highest BCUT2D eigenvalue weighted by molar-refractivity contribution is 7.80. The molecule has 0 amide bonds. The minimum Gasteiger partial charge on any atom is -0.389 e. The molecule has 2 N–H and O–H groups in total. The summed E-state index contributed by atoms with van der Waals surface area (Å²) in [7, 11) is 0. The van der Waals surface area contributed by atoms with Gasteiger partial charge in [-0.2, -0.15) is 0 Å².